The molecular weight excluding hydrogens is 355 g/mol. The molecule has 0 unspecified atom stereocenters. The van der Waals surface area contributed by atoms with Crippen LogP contribution in [-0.4, -0.2) is 13.1 Å². The predicted octanol–water partition coefficient (Wildman–Crippen LogP) is 5.32. The van der Waals surface area contributed by atoms with Crippen molar-refractivity contribution < 1.29 is 22.7 Å². The first-order valence-corrected chi connectivity index (χ1v) is 8.72. The number of allylic oxidation sites excluding steroid dienone is 2. The monoisotopic (exact) mass is 373 g/mol. The normalized spacial score (nSPS) is 23.3. The maximum Gasteiger partial charge on any atom is 0.416 e. The van der Waals surface area contributed by atoms with Gasteiger partial charge in [-0.1, -0.05) is 42.5 Å². The molecule has 1 aliphatic heterocycles. The number of hydrogen-bond donors (Lipinski definition) is 1. The summed E-state index contributed by atoms with van der Waals surface area (Å²) in [6.45, 7) is 0. The standard InChI is InChI=1S/C21H18F3NO2/c1-27-20(26)16-10-5-9-14-12-7-4-8-13(12)18(25-19(14)16)15-6-2-3-11-17(15)21(22,23)24/h2-7,9-13,18,25H,8H2,1H3/t12-,13-,18+/m1/s1. The molecule has 3 nitrogen and oxygen atoms in total. The van der Waals surface area contributed by atoms with E-state index < -0.39 is 23.8 Å². The van der Waals surface area contributed by atoms with Gasteiger partial charge in [0.05, 0.1) is 30.0 Å². The summed E-state index contributed by atoms with van der Waals surface area (Å²) in [5.74, 6) is -0.603. The zero-order valence-corrected chi connectivity index (χ0v) is 14.6. The van der Waals surface area contributed by atoms with Crippen molar-refractivity contribution in [3.63, 3.8) is 0 Å². The van der Waals surface area contributed by atoms with Gasteiger partial charge >= 0.3 is 12.1 Å². The van der Waals surface area contributed by atoms with E-state index in [0.29, 0.717) is 17.7 Å². The quantitative estimate of drug-likeness (QED) is 0.572. The second-order valence-corrected chi connectivity index (χ2v) is 6.82. The summed E-state index contributed by atoms with van der Waals surface area (Å²) in [7, 11) is 1.29. The van der Waals surface area contributed by atoms with E-state index in [-0.39, 0.29) is 17.4 Å². The number of anilines is 1. The smallest absolute Gasteiger partial charge is 0.416 e. The van der Waals surface area contributed by atoms with Gasteiger partial charge in [0.25, 0.3) is 0 Å². The maximum absolute atomic E-state index is 13.6. The zero-order chi connectivity index (χ0) is 19.2. The van der Waals surface area contributed by atoms with Gasteiger partial charge in [-0.2, -0.15) is 13.2 Å². The molecule has 2 aliphatic rings. The van der Waals surface area contributed by atoms with Gasteiger partial charge in [0.15, 0.2) is 0 Å². The number of benzene rings is 2. The lowest BCUT2D eigenvalue weighted by Crippen LogP contribution is -2.32. The molecule has 1 aliphatic carbocycles. The Morgan fingerprint density at radius 1 is 1.11 bits per heavy atom. The number of rotatable bonds is 2. The summed E-state index contributed by atoms with van der Waals surface area (Å²) in [6, 6.07) is 10.4. The fourth-order valence-electron chi connectivity index (χ4n) is 4.24. The van der Waals surface area contributed by atoms with Crippen LogP contribution in [0.3, 0.4) is 0 Å². The van der Waals surface area contributed by atoms with Crippen molar-refractivity contribution in [3.8, 4) is 0 Å². The molecule has 3 atom stereocenters. The Morgan fingerprint density at radius 2 is 1.85 bits per heavy atom. The average Bonchev–Trinajstić information content (AvgIpc) is 3.15. The fraction of sp³-hybridized carbons (Fsp3) is 0.286. The van der Waals surface area contributed by atoms with Gasteiger partial charge in [0.2, 0.25) is 0 Å². The lowest BCUT2D eigenvalue weighted by molar-refractivity contribution is -0.138. The minimum Gasteiger partial charge on any atom is -0.465 e. The first-order valence-electron chi connectivity index (χ1n) is 8.72. The van der Waals surface area contributed by atoms with Crippen molar-refractivity contribution in [2.24, 2.45) is 5.92 Å². The molecule has 27 heavy (non-hydrogen) atoms. The highest BCUT2D eigenvalue weighted by Gasteiger charge is 2.43. The number of alkyl halides is 3. The summed E-state index contributed by atoms with van der Waals surface area (Å²) >= 11 is 0. The van der Waals surface area contributed by atoms with E-state index in [0.717, 1.165) is 11.6 Å². The van der Waals surface area contributed by atoms with Gasteiger partial charge < -0.3 is 10.1 Å². The Labute approximate surface area is 154 Å². The molecule has 2 aromatic rings. The van der Waals surface area contributed by atoms with E-state index >= 15 is 0 Å². The third-order valence-corrected chi connectivity index (χ3v) is 5.40. The molecule has 1 heterocycles. The van der Waals surface area contributed by atoms with E-state index in [1.165, 1.54) is 19.2 Å². The van der Waals surface area contributed by atoms with Crippen molar-refractivity contribution in [1.82, 2.24) is 0 Å². The van der Waals surface area contributed by atoms with Gasteiger partial charge in [-0.3, -0.25) is 0 Å². The second kappa shape index (κ2) is 6.44. The number of esters is 1. The first kappa shape index (κ1) is 17.6. The Kier molecular flexibility index (Phi) is 4.21. The number of methoxy groups -OCH3 is 1. The van der Waals surface area contributed by atoms with Gasteiger partial charge in [0, 0.05) is 5.92 Å². The summed E-state index contributed by atoms with van der Waals surface area (Å²) in [5, 5.41) is 3.24. The highest BCUT2D eigenvalue weighted by Crippen LogP contribution is 2.52. The van der Waals surface area contributed by atoms with Crippen LogP contribution in [0.25, 0.3) is 0 Å². The van der Waals surface area contributed by atoms with Crippen LogP contribution in [0, 0.1) is 5.92 Å². The molecule has 0 bridgehead atoms. The number of hydrogen-bond acceptors (Lipinski definition) is 3. The topological polar surface area (TPSA) is 38.3 Å². The van der Waals surface area contributed by atoms with Gasteiger partial charge in [-0.25, -0.2) is 4.79 Å². The molecule has 0 radical (unpaired) electrons. The van der Waals surface area contributed by atoms with Crippen LogP contribution in [0.2, 0.25) is 0 Å². The molecule has 0 saturated heterocycles. The Balaban J connectivity index is 1.87. The molecule has 4 rings (SSSR count). The predicted molar refractivity (Wildman–Crippen MR) is 95.6 cm³/mol. The Morgan fingerprint density at radius 3 is 2.59 bits per heavy atom. The molecule has 1 N–H and O–H groups in total. The van der Waals surface area contributed by atoms with Crippen LogP contribution < -0.4 is 5.32 Å². The lowest BCUT2D eigenvalue weighted by atomic mass is 9.75. The number of halogens is 3. The summed E-state index contributed by atoms with van der Waals surface area (Å²) in [5.41, 5.74) is 1.36. The molecule has 0 fully saturated rings. The minimum atomic E-state index is -4.44. The number of ether oxygens (including phenoxy) is 1. The lowest BCUT2D eigenvalue weighted by Gasteiger charge is -2.39. The zero-order valence-electron chi connectivity index (χ0n) is 14.6. The van der Waals surface area contributed by atoms with E-state index in [9.17, 15) is 18.0 Å². The average molecular weight is 373 g/mol. The van der Waals surface area contributed by atoms with E-state index in [1.54, 1.807) is 18.2 Å². The SMILES string of the molecule is COC(=O)c1cccc2c1N[C@H](c1ccccc1C(F)(F)F)[C@@H]1CC=C[C@@H]21. The Bertz CT molecular complexity index is 920. The number of para-hydroxylation sites is 1. The number of carbonyl (C=O) groups is 1. The molecule has 0 spiro atoms. The third-order valence-electron chi connectivity index (χ3n) is 5.40. The van der Waals surface area contributed by atoms with Crippen molar-refractivity contribution in [1.29, 1.82) is 0 Å². The third kappa shape index (κ3) is 2.89. The van der Waals surface area contributed by atoms with Crippen molar-refractivity contribution >= 4 is 11.7 Å². The molecule has 2 aromatic carbocycles. The molecule has 140 valence electrons. The number of nitrogens with one attached hydrogen (secondary N) is 1. The Hall–Kier alpha value is -2.76. The highest BCUT2D eigenvalue weighted by atomic mass is 19.4. The molecule has 0 aromatic heterocycles. The van der Waals surface area contributed by atoms with Crippen LogP contribution in [0.1, 0.15) is 45.4 Å². The van der Waals surface area contributed by atoms with Crippen molar-refractivity contribution in [2.45, 2.75) is 24.6 Å². The van der Waals surface area contributed by atoms with Crippen LogP contribution >= 0.6 is 0 Å². The minimum absolute atomic E-state index is 0.0443. The van der Waals surface area contributed by atoms with Gasteiger partial charge in [0.1, 0.15) is 0 Å². The molecule has 6 heteroatoms. The second-order valence-electron chi connectivity index (χ2n) is 6.82. The van der Waals surface area contributed by atoms with Gasteiger partial charge in [-0.05, 0) is 35.6 Å². The van der Waals surface area contributed by atoms with Crippen LogP contribution in [0.4, 0.5) is 18.9 Å². The van der Waals surface area contributed by atoms with Crippen molar-refractivity contribution in [3.05, 3.63) is 76.9 Å². The first-order chi connectivity index (χ1) is 12.9. The van der Waals surface area contributed by atoms with Crippen LogP contribution in [-0.2, 0) is 10.9 Å². The molecule has 0 saturated carbocycles. The van der Waals surface area contributed by atoms with E-state index in [2.05, 4.69) is 5.32 Å². The maximum atomic E-state index is 13.6. The summed E-state index contributed by atoms with van der Waals surface area (Å²) < 4.78 is 45.6. The highest BCUT2D eigenvalue weighted by molar-refractivity contribution is 5.97. The number of fused-ring (bicyclic) bond motifs is 3. The summed E-state index contributed by atoms with van der Waals surface area (Å²) in [6.07, 6.45) is 0.257. The van der Waals surface area contributed by atoms with Gasteiger partial charge in [-0.15, -0.1) is 0 Å². The fourth-order valence-corrected chi connectivity index (χ4v) is 4.24. The summed E-state index contributed by atoms with van der Waals surface area (Å²) in [4.78, 5) is 12.2. The van der Waals surface area contributed by atoms with Crippen LogP contribution in [0.15, 0.2) is 54.6 Å². The molecular formula is C21H18F3NO2. The number of carbonyl (C=O) groups excluding carboxylic acids is 1. The van der Waals surface area contributed by atoms with E-state index in [4.69, 9.17) is 4.74 Å². The molecule has 0 amide bonds. The largest absolute Gasteiger partial charge is 0.465 e. The van der Waals surface area contributed by atoms with Crippen LogP contribution in [0.5, 0.6) is 0 Å². The van der Waals surface area contributed by atoms with E-state index in [1.807, 2.05) is 18.2 Å². The van der Waals surface area contributed by atoms with Crippen molar-refractivity contribution in [2.75, 3.05) is 12.4 Å².